The molecular formula is C23H28BrN3O3S. The van der Waals surface area contributed by atoms with Gasteiger partial charge in [0.15, 0.2) is 0 Å². The molecule has 8 heteroatoms. The molecule has 1 saturated carbocycles. The van der Waals surface area contributed by atoms with Crippen molar-refractivity contribution >= 4 is 43.3 Å². The van der Waals surface area contributed by atoms with E-state index in [9.17, 15) is 13.2 Å². The van der Waals surface area contributed by atoms with Gasteiger partial charge in [-0.25, -0.2) is 13.8 Å². The maximum Gasteiger partial charge on any atom is 0.264 e. The molecule has 166 valence electrons. The second-order valence-corrected chi connectivity index (χ2v) is 10.6. The molecule has 31 heavy (non-hydrogen) atoms. The average Bonchev–Trinajstić information content (AvgIpc) is 2.72. The van der Waals surface area contributed by atoms with Crippen molar-refractivity contribution in [2.24, 2.45) is 5.10 Å². The number of nitrogens with zero attached hydrogens (tertiary/aromatic N) is 2. The minimum absolute atomic E-state index is 0.139. The highest BCUT2D eigenvalue weighted by Crippen LogP contribution is 2.25. The summed E-state index contributed by atoms with van der Waals surface area (Å²) in [5.74, 6) is -0.465. The molecule has 0 radical (unpaired) electrons. The van der Waals surface area contributed by atoms with E-state index < -0.39 is 15.9 Å². The summed E-state index contributed by atoms with van der Waals surface area (Å²) in [6.07, 6.45) is 7.50. The van der Waals surface area contributed by atoms with Gasteiger partial charge in [0.25, 0.3) is 15.9 Å². The van der Waals surface area contributed by atoms with Gasteiger partial charge in [-0.05, 0) is 69.0 Å². The van der Waals surface area contributed by atoms with E-state index in [1.807, 2.05) is 6.92 Å². The number of amides is 1. The molecule has 2 aromatic carbocycles. The quantitative estimate of drug-likeness (QED) is 0.549. The largest absolute Gasteiger partial charge is 0.271 e. The van der Waals surface area contributed by atoms with Crippen molar-refractivity contribution < 1.29 is 13.2 Å². The van der Waals surface area contributed by atoms with Crippen LogP contribution in [0.25, 0.3) is 0 Å². The zero-order valence-electron chi connectivity index (χ0n) is 17.7. The minimum Gasteiger partial charge on any atom is -0.271 e. The Morgan fingerprint density at radius 2 is 1.55 bits per heavy atom. The van der Waals surface area contributed by atoms with Gasteiger partial charge < -0.3 is 0 Å². The van der Waals surface area contributed by atoms with Gasteiger partial charge in [-0.15, -0.1) is 0 Å². The summed E-state index contributed by atoms with van der Waals surface area (Å²) in [7, 11) is -3.92. The first-order chi connectivity index (χ1) is 14.9. The van der Waals surface area contributed by atoms with E-state index in [-0.39, 0.29) is 11.4 Å². The number of anilines is 1. The van der Waals surface area contributed by atoms with E-state index in [0.717, 1.165) is 45.7 Å². The highest BCUT2D eigenvalue weighted by molar-refractivity contribution is 9.10. The van der Waals surface area contributed by atoms with E-state index in [1.54, 1.807) is 48.5 Å². The summed E-state index contributed by atoms with van der Waals surface area (Å²) in [6.45, 7) is 1.54. The second-order valence-electron chi connectivity index (χ2n) is 7.78. The van der Waals surface area contributed by atoms with Crippen LogP contribution in [0.4, 0.5) is 5.69 Å². The first-order valence-corrected chi connectivity index (χ1v) is 12.8. The molecule has 0 heterocycles. The standard InChI is InChI=1S/C23H28BrN3O3S/c1-18-9-15-22(16-10-18)31(29,30)27(21-13-11-19(24)12-14-21)17-23(28)26-25-20-7-5-3-2-4-6-8-20/h9-16H,2-8,17H2,1H3,(H,26,28). The summed E-state index contributed by atoms with van der Waals surface area (Å²) in [5, 5.41) is 4.30. The molecule has 1 aliphatic rings. The van der Waals surface area contributed by atoms with Crippen molar-refractivity contribution in [2.75, 3.05) is 10.8 Å². The molecule has 1 fully saturated rings. The number of sulfonamides is 1. The zero-order valence-corrected chi connectivity index (χ0v) is 20.1. The third-order valence-corrected chi connectivity index (χ3v) is 7.60. The van der Waals surface area contributed by atoms with E-state index in [4.69, 9.17) is 0 Å². The fraction of sp³-hybridized carbons (Fsp3) is 0.391. The summed E-state index contributed by atoms with van der Waals surface area (Å²) in [5.41, 5.74) is 4.93. The van der Waals surface area contributed by atoms with Gasteiger partial charge in [0.05, 0.1) is 10.6 Å². The summed E-state index contributed by atoms with van der Waals surface area (Å²) >= 11 is 3.36. The number of hydrogen-bond acceptors (Lipinski definition) is 4. The number of benzene rings is 2. The van der Waals surface area contributed by atoms with Crippen LogP contribution in [0.3, 0.4) is 0 Å². The van der Waals surface area contributed by atoms with Crippen molar-refractivity contribution in [1.82, 2.24) is 5.43 Å². The summed E-state index contributed by atoms with van der Waals surface area (Å²) < 4.78 is 28.7. The van der Waals surface area contributed by atoms with Crippen molar-refractivity contribution in [3.8, 4) is 0 Å². The van der Waals surface area contributed by atoms with Gasteiger partial charge in [0, 0.05) is 10.2 Å². The molecule has 1 aliphatic carbocycles. The van der Waals surface area contributed by atoms with Crippen LogP contribution in [0.1, 0.15) is 50.5 Å². The molecule has 0 aromatic heterocycles. The summed E-state index contributed by atoms with van der Waals surface area (Å²) in [6, 6.07) is 13.4. The Morgan fingerprint density at radius 1 is 0.968 bits per heavy atom. The van der Waals surface area contributed by atoms with E-state index in [2.05, 4.69) is 26.5 Å². The predicted molar refractivity (Wildman–Crippen MR) is 128 cm³/mol. The highest BCUT2D eigenvalue weighted by Gasteiger charge is 2.27. The number of hydrogen-bond donors (Lipinski definition) is 1. The van der Waals surface area contributed by atoms with Crippen LogP contribution in [-0.2, 0) is 14.8 Å². The van der Waals surface area contributed by atoms with Crippen LogP contribution in [0.5, 0.6) is 0 Å². The lowest BCUT2D eigenvalue weighted by Crippen LogP contribution is -2.39. The molecule has 0 bridgehead atoms. The molecule has 2 aromatic rings. The molecule has 0 spiro atoms. The van der Waals surface area contributed by atoms with Crippen LogP contribution in [0, 0.1) is 6.92 Å². The molecule has 3 rings (SSSR count). The highest BCUT2D eigenvalue weighted by atomic mass is 79.9. The van der Waals surface area contributed by atoms with Gasteiger partial charge in [-0.1, -0.05) is 52.9 Å². The SMILES string of the molecule is Cc1ccc(S(=O)(=O)N(CC(=O)NN=C2CCCCCCC2)c2ccc(Br)cc2)cc1. The van der Waals surface area contributed by atoms with E-state index in [0.29, 0.717) is 5.69 Å². The van der Waals surface area contributed by atoms with Crippen molar-refractivity contribution in [3.63, 3.8) is 0 Å². The first-order valence-electron chi connectivity index (χ1n) is 10.6. The Balaban J connectivity index is 1.82. The van der Waals surface area contributed by atoms with Crippen molar-refractivity contribution in [1.29, 1.82) is 0 Å². The lowest BCUT2D eigenvalue weighted by Gasteiger charge is -2.24. The lowest BCUT2D eigenvalue weighted by atomic mass is 9.99. The van der Waals surface area contributed by atoms with Crippen LogP contribution in [0.2, 0.25) is 0 Å². The second kappa shape index (κ2) is 10.9. The smallest absolute Gasteiger partial charge is 0.264 e. The van der Waals surface area contributed by atoms with Crippen LogP contribution < -0.4 is 9.73 Å². The average molecular weight is 506 g/mol. The molecular weight excluding hydrogens is 478 g/mol. The first kappa shape index (κ1) is 23.5. The molecule has 1 amide bonds. The predicted octanol–water partition coefficient (Wildman–Crippen LogP) is 5.17. The Hall–Kier alpha value is -2.19. The zero-order chi connectivity index (χ0) is 22.3. The van der Waals surface area contributed by atoms with Gasteiger partial charge in [0.2, 0.25) is 0 Å². The van der Waals surface area contributed by atoms with Crippen LogP contribution >= 0.6 is 15.9 Å². The lowest BCUT2D eigenvalue weighted by molar-refractivity contribution is -0.119. The van der Waals surface area contributed by atoms with Crippen LogP contribution in [-0.4, -0.2) is 26.6 Å². The number of halogens is 1. The number of nitrogens with one attached hydrogen (secondary N) is 1. The molecule has 1 N–H and O–H groups in total. The fourth-order valence-electron chi connectivity index (χ4n) is 3.49. The van der Waals surface area contributed by atoms with Crippen LogP contribution in [0.15, 0.2) is 63.0 Å². The third-order valence-electron chi connectivity index (χ3n) is 5.28. The van der Waals surface area contributed by atoms with E-state index in [1.165, 1.54) is 19.3 Å². The third kappa shape index (κ3) is 6.64. The van der Waals surface area contributed by atoms with E-state index >= 15 is 0 Å². The van der Waals surface area contributed by atoms with Gasteiger partial charge in [-0.3, -0.25) is 9.10 Å². The Bertz CT molecular complexity index is 1010. The van der Waals surface area contributed by atoms with Crippen molar-refractivity contribution in [3.05, 3.63) is 58.6 Å². The Labute approximate surface area is 192 Å². The minimum atomic E-state index is -3.92. The Kier molecular flexibility index (Phi) is 8.26. The number of rotatable bonds is 6. The number of hydrazone groups is 1. The van der Waals surface area contributed by atoms with Gasteiger partial charge in [0.1, 0.15) is 6.54 Å². The van der Waals surface area contributed by atoms with Crippen molar-refractivity contribution in [2.45, 2.75) is 56.8 Å². The summed E-state index contributed by atoms with van der Waals surface area (Å²) in [4.78, 5) is 12.8. The number of carbonyl (C=O) groups is 1. The maximum absolute atomic E-state index is 13.4. The molecule has 0 aliphatic heterocycles. The Morgan fingerprint density at radius 3 is 2.16 bits per heavy atom. The number of aryl methyl sites for hydroxylation is 1. The van der Waals surface area contributed by atoms with Gasteiger partial charge in [-0.2, -0.15) is 5.10 Å². The van der Waals surface area contributed by atoms with Gasteiger partial charge >= 0.3 is 0 Å². The number of carbonyl (C=O) groups excluding carboxylic acids is 1. The normalized spacial score (nSPS) is 15.0. The molecule has 6 nitrogen and oxygen atoms in total. The molecule has 0 atom stereocenters. The molecule has 0 unspecified atom stereocenters. The topological polar surface area (TPSA) is 78.8 Å². The fourth-order valence-corrected chi connectivity index (χ4v) is 5.18. The maximum atomic E-state index is 13.4. The molecule has 0 saturated heterocycles. The monoisotopic (exact) mass is 505 g/mol.